The summed E-state index contributed by atoms with van der Waals surface area (Å²) in [6, 6.07) is 12.5. The van der Waals surface area contributed by atoms with Crippen LogP contribution in [0.3, 0.4) is 0 Å². The average molecular weight is 439 g/mol. The Hall–Kier alpha value is -1.43. The molecule has 0 radical (unpaired) electrons. The molecule has 4 nitrogen and oxygen atoms in total. The second kappa shape index (κ2) is 8.98. The van der Waals surface area contributed by atoms with E-state index < -0.39 is 0 Å². The lowest BCUT2D eigenvalue weighted by Gasteiger charge is -2.44. The molecule has 140 valence electrons. The lowest BCUT2D eigenvalue weighted by atomic mass is 9.82. The van der Waals surface area contributed by atoms with E-state index in [4.69, 9.17) is 0 Å². The first-order valence-corrected chi connectivity index (χ1v) is 9.46. The third kappa shape index (κ3) is 4.27. The van der Waals surface area contributed by atoms with Crippen molar-refractivity contribution in [3.63, 3.8) is 0 Å². The van der Waals surface area contributed by atoms with Gasteiger partial charge in [0.15, 0.2) is 0 Å². The van der Waals surface area contributed by atoms with Crippen LogP contribution in [0.5, 0.6) is 0 Å². The number of nitrogens with zero attached hydrogens (tertiary/aromatic N) is 2. The zero-order valence-corrected chi connectivity index (χ0v) is 17.5. The number of hydrogen-bond donors (Lipinski definition) is 1. The van der Waals surface area contributed by atoms with E-state index in [9.17, 15) is 4.79 Å². The van der Waals surface area contributed by atoms with Crippen molar-refractivity contribution in [1.82, 2.24) is 15.2 Å². The molecule has 1 amide bonds. The first-order valence-electron chi connectivity index (χ1n) is 8.67. The third-order valence-corrected chi connectivity index (χ3v) is 5.72. The Kier molecular flexibility index (Phi) is 7.21. The van der Waals surface area contributed by atoms with E-state index >= 15 is 0 Å². The number of aromatic nitrogens is 1. The van der Waals surface area contributed by atoms with Gasteiger partial charge in [-0.15, -0.1) is 12.4 Å². The fraction of sp³-hybridized carbons (Fsp3) is 0.400. The van der Waals surface area contributed by atoms with E-state index in [0.29, 0.717) is 6.42 Å². The van der Waals surface area contributed by atoms with Gasteiger partial charge in [-0.05, 0) is 59.4 Å². The van der Waals surface area contributed by atoms with E-state index in [1.54, 1.807) is 12.4 Å². The molecule has 0 bridgehead atoms. The van der Waals surface area contributed by atoms with Gasteiger partial charge in [0.2, 0.25) is 5.91 Å². The molecular formula is C20H25BrClN3O. The van der Waals surface area contributed by atoms with Gasteiger partial charge in [0.1, 0.15) is 0 Å². The molecule has 0 spiro atoms. The van der Waals surface area contributed by atoms with Crippen molar-refractivity contribution in [2.45, 2.75) is 37.8 Å². The van der Waals surface area contributed by atoms with Crippen LogP contribution in [-0.2, 0) is 16.8 Å². The zero-order valence-electron chi connectivity index (χ0n) is 15.1. The van der Waals surface area contributed by atoms with Crippen molar-refractivity contribution in [2.75, 3.05) is 13.6 Å². The van der Waals surface area contributed by atoms with Gasteiger partial charge in [0, 0.05) is 30.0 Å². The average Bonchev–Trinajstić information content (AvgIpc) is 3.16. The molecular weight excluding hydrogens is 414 g/mol. The van der Waals surface area contributed by atoms with Crippen LogP contribution in [0, 0.1) is 0 Å². The summed E-state index contributed by atoms with van der Waals surface area (Å²) in [5.41, 5.74) is 1.70. The maximum Gasteiger partial charge on any atom is 0.227 e. The lowest BCUT2D eigenvalue weighted by Crippen LogP contribution is -2.56. The fourth-order valence-electron chi connectivity index (χ4n) is 3.67. The summed E-state index contributed by atoms with van der Waals surface area (Å²) in [7, 11) is 1.92. The Morgan fingerprint density at radius 1 is 1.35 bits per heavy atom. The van der Waals surface area contributed by atoms with Crippen LogP contribution in [0.25, 0.3) is 0 Å². The summed E-state index contributed by atoms with van der Waals surface area (Å²) in [6.45, 7) is 3.17. The maximum absolute atomic E-state index is 13.1. The molecule has 1 aromatic carbocycles. The van der Waals surface area contributed by atoms with Gasteiger partial charge in [-0.2, -0.15) is 0 Å². The molecule has 1 aliphatic rings. The number of pyridine rings is 1. The van der Waals surface area contributed by atoms with Crippen molar-refractivity contribution >= 4 is 34.2 Å². The van der Waals surface area contributed by atoms with Crippen LogP contribution in [0.1, 0.15) is 30.9 Å². The molecule has 1 fully saturated rings. The third-order valence-electron chi connectivity index (χ3n) is 5.28. The van der Waals surface area contributed by atoms with E-state index in [1.807, 2.05) is 36.2 Å². The van der Waals surface area contributed by atoms with E-state index in [-0.39, 0.29) is 29.9 Å². The SMILES string of the molecule is CN(C(=O)Cc1cncc(Br)c1)[C@@](C)(c1ccccc1)C1CCCN1.Cl. The standard InChI is InChI=1S/C20H24BrN3O.ClH/c1-20(18-9-6-10-23-18,16-7-4-3-5-8-16)24(2)19(25)12-15-11-17(21)14-22-13-15;/h3-5,7-8,11,13-14,18,23H,6,9-10,12H2,1-2H3;1H/t18?,20-;/m0./s1. The topological polar surface area (TPSA) is 45.2 Å². The van der Waals surface area contributed by atoms with Crippen molar-refractivity contribution in [2.24, 2.45) is 0 Å². The summed E-state index contributed by atoms with van der Waals surface area (Å²) in [4.78, 5) is 19.1. The fourth-order valence-corrected chi connectivity index (χ4v) is 4.09. The molecule has 6 heteroatoms. The molecule has 1 aromatic heterocycles. The highest BCUT2D eigenvalue weighted by Gasteiger charge is 2.42. The Bertz CT molecular complexity index is 737. The minimum Gasteiger partial charge on any atom is -0.334 e. The summed E-state index contributed by atoms with van der Waals surface area (Å²) in [6.07, 6.45) is 6.04. The highest BCUT2D eigenvalue weighted by Crippen LogP contribution is 2.35. The molecule has 1 unspecified atom stereocenters. The first kappa shape index (κ1) is 20.9. The van der Waals surface area contributed by atoms with Crippen molar-refractivity contribution in [3.05, 3.63) is 64.4 Å². The molecule has 26 heavy (non-hydrogen) atoms. The van der Waals surface area contributed by atoms with Crippen LogP contribution < -0.4 is 5.32 Å². The number of halogens is 2. The number of carbonyl (C=O) groups excluding carboxylic acids is 1. The molecule has 1 N–H and O–H groups in total. The van der Waals surface area contributed by atoms with Gasteiger partial charge in [-0.3, -0.25) is 9.78 Å². The second-order valence-electron chi connectivity index (χ2n) is 6.80. The Morgan fingerprint density at radius 2 is 2.08 bits per heavy atom. The summed E-state index contributed by atoms with van der Waals surface area (Å²) in [5, 5.41) is 3.59. The molecule has 0 aliphatic carbocycles. The molecule has 1 aliphatic heterocycles. The van der Waals surface area contributed by atoms with Gasteiger partial charge in [-0.25, -0.2) is 0 Å². The Labute approximate surface area is 169 Å². The van der Waals surface area contributed by atoms with Gasteiger partial charge in [-0.1, -0.05) is 30.3 Å². The second-order valence-corrected chi connectivity index (χ2v) is 7.72. The number of rotatable bonds is 5. The maximum atomic E-state index is 13.1. The number of likely N-dealkylation sites (N-methyl/N-ethyl adjacent to an activating group) is 1. The van der Waals surface area contributed by atoms with Crippen LogP contribution >= 0.6 is 28.3 Å². The minimum atomic E-state index is -0.381. The summed E-state index contributed by atoms with van der Waals surface area (Å²) < 4.78 is 0.892. The highest BCUT2D eigenvalue weighted by molar-refractivity contribution is 9.10. The number of carbonyl (C=O) groups is 1. The molecule has 0 saturated carbocycles. The van der Waals surface area contributed by atoms with Crippen molar-refractivity contribution < 1.29 is 4.79 Å². The van der Waals surface area contributed by atoms with Crippen LogP contribution in [0.15, 0.2) is 53.3 Å². The Balaban J connectivity index is 0.00000243. The quantitative estimate of drug-likeness (QED) is 0.769. The van der Waals surface area contributed by atoms with Gasteiger partial charge >= 0.3 is 0 Å². The van der Waals surface area contributed by atoms with Gasteiger partial charge < -0.3 is 10.2 Å². The first-order chi connectivity index (χ1) is 12.0. The van der Waals surface area contributed by atoms with E-state index in [1.165, 1.54) is 0 Å². The molecule has 3 rings (SSSR count). The normalized spacial score (nSPS) is 18.7. The smallest absolute Gasteiger partial charge is 0.227 e. The largest absolute Gasteiger partial charge is 0.334 e. The number of benzene rings is 1. The van der Waals surface area contributed by atoms with E-state index in [0.717, 1.165) is 35.0 Å². The Morgan fingerprint density at radius 3 is 2.69 bits per heavy atom. The predicted octanol–water partition coefficient (Wildman–Crippen LogP) is 3.93. The van der Waals surface area contributed by atoms with E-state index in [2.05, 4.69) is 45.3 Å². The number of nitrogens with one attached hydrogen (secondary N) is 1. The number of amides is 1. The molecule has 1 saturated heterocycles. The van der Waals surface area contributed by atoms with Gasteiger partial charge in [0.05, 0.1) is 12.0 Å². The van der Waals surface area contributed by atoms with Gasteiger partial charge in [0.25, 0.3) is 0 Å². The predicted molar refractivity (Wildman–Crippen MR) is 110 cm³/mol. The highest BCUT2D eigenvalue weighted by atomic mass is 79.9. The zero-order chi connectivity index (χ0) is 17.9. The summed E-state index contributed by atoms with van der Waals surface area (Å²) >= 11 is 3.42. The molecule has 2 heterocycles. The molecule has 2 aromatic rings. The lowest BCUT2D eigenvalue weighted by molar-refractivity contribution is -0.136. The number of hydrogen-bond acceptors (Lipinski definition) is 3. The minimum absolute atomic E-state index is 0. The van der Waals surface area contributed by atoms with Crippen LogP contribution in [0.4, 0.5) is 0 Å². The van der Waals surface area contributed by atoms with Crippen molar-refractivity contribution in [1.29, 1.82) is 0 Å². The van der Waals surface area contributed by atoms with Crippen LogP contribution in [0.2, 0.25) is 0 Å². The molecule has 2 atom stereocenters. The monoisotopic (exact) mass is 437 g/mol. The summed E-state index contributed by atoms with van der Waals surface area (Å²) in [5.74, 6) is 0.0972. The van der Waals surface area contributed by atoms with Crippen molar-refractivity contribution in [3.8, 4) is 0 Å². The van der Waals surface area contributed by atoms with Crippen LogP contribution in [-0.4, -0.2) is 35.4 Å².